The van der Waals surface area contributed by atoms with E-state index in [1.807, 2.05) is 20.8 Å². The number of hydrogen-bond acceptors (Lipinski definition) is 6. The number of sulfone groups is 1. The summed E-state index contributed by atoms with van der Waals surface area (Å²) in [7, 11) is -3.53. The van der Waals surface area contributed by atoms with E-state index in [0.29, 0.717) is 22.9 Å². The summed E-state index contributed by atoms with van der Waals surface area (Å²) in [5.41, 5.74) is 1.36. The molecule has 2 aromatic heterocycles. The van der Waals surface area contributed by atoms with Crippen LogP contribution in [0.15, 0.2) is 84.0 Å². The van der Waals surface area contributed by atoms with Gasteiger partial charge in [0.2, 0.25) is 0 Å². The van der Waals surface area contributed by atoms with E-state index in [0.717, 1.165) is 5.69 Å². The topological polar surface area (TPSA) is 107 Å². The van der Waals surface area contributed by atoms with Crippen molar-refractivity contribution in [3.63, 3.8) is 0 Å². The lowest BCUT2D eigenvalue weighted by Gasteiger charge is -2.13. The number of nitrogens with one attached hydrogen (secondary N) is 1. The van der Waals surface area contributed by atoms with Gasteiger partial charge >= 0.3 is 0 Å². The van der Waals surface area contributed by atoms with Crippen LogP contribution in [0.25, 0.3) is 5.95 Å². The zero-order valence-corrected chi connectivity index (χ0v) is 20.0. The van der Waals surface area contributed by atoms with Crippen molar-refractivity contribution in [2.45, 2.75) is 36.8 Å². The van der Waals surface area contributed by atoms with Crippen LogP contribution in [0.4, 0.5) is 5.82 Å². The number of hydrogen-bond donors (Lipinski definition) is 1. The first-order valence-electron chi connectivity index (χ1n) is 10.7. The Morgan fingerprint density at radius 1 is 0.941 bits per heavy atom. The molecular weight excluding hydrogens is 450 g/mol. The summed E-state index contributed by atoms with van der Waals surface area (Å²) in [5.74, 6) is 0.151. The monoisotopic (exact) mass is 475 g/mol. The van der Waals surface area contributed by atoms with E-state index in [9.17, 15) is 13.2 Å². The number of aromatic nitrogens is 4. The third-order valence-corrected chi connectivity index (χ3v) is 6.81. The smallest absolute Gasteiger partial charge is 0.256 e. The third kappa shape index (κ3) is 5.20. The van der Waals surface area contributed by atoms with Gasteiger partial charge in [-0.05, 0) is 35.9 Å². The van der Waals surface area contributed by atoms with Crippen molar-refractivity contribution < 1.29 is 13.2 Å². The highest BCUT2D eigenvalue weighted by atomic mass is 32.2. The van der Waals surface area contributed by atoms with Gasteiger partial charge in [0, 0.05) is 29.4 Å². The molecule has 34 heavy (non-hydrogen) atoms. The molecule has 2 aromatic carbocycles. The van der Waals surface area contributed by atoms with Crippen LogP contribution in [0.5, 0.6) is 0 Å². The fraction of sp³-hybridized carbons (Fsp3) is 0.200. The Morgan fingerprint density at radius 2 is 1.65 bits per heavy atom. The molecule has 0 atom stereocenters. The fourth-order valence-corrected chi connectivity index (χ4v) is 4.67. The molecule has 0 spiro atoms. The first kappa shape index (κ1) is 23.3. The Balaban J connectivity index is 1.61. The van der Waals surface area contributed by atoms with Crippen LogP contribution in [0.2, 0.25) is 0 Å². The molecule has 174 valence electrons. The van der Waals surface area contributed by atoms with Gasteiger partial charge in [0.05, 0.1) is 16.3 Å². The molecule has 4 aromatic rings. The van der Waals surface area contributed by atoms with E-state index < -0.39 is 15.7 Å². The number of amides is 1. The maximum absolute atomic E-state index is 13.1. The second-order valence-electron chi connectivity index (χ2n) is 8.85. The molecule has 9 heteroatoms. The molecule has 2 heterocycles. The van der Waals surface area contributed by atoms with Crippen LogP contribution in [0.3, 0.4) is 0 Å². The predicted molar refractivity (Wildman–Crippen MR) is 130 cm³/mol. The Labute approximate surface area is 198 Å². The minimum Gasteiger partial charge on any atom is -0.306 e. The summed E-state index contributed by atoms with van der Waals surface area (Å²) >= 11 is 0. The molecule has 0 aliphatic carbocycles. The van der Waals surface area contributed by atoms with Crippen molar-refractivity contribution in [2.24, 2.45) is 0 Å². The van der Waals surface area contributed by atoms with Crippen LogP contribution in [-0.2, 0) is 21.0 Å². The van der Waals surface area contributed by atoms with Gasteiger partial charge in [-0.2, -0.15) is 9.78 Å². The molecule has 0 aliphatic heterocycles. The van der Waals surface area contributed by atoms with Crippen LogP contribution < -0.4 is 5.32 Å². The first-order chi connectivity index (χ1) is 16.1. The highest BCUT2D eigenvalue weighted by Gasteiger charge is 2.23. The molecule has 1 amide bonds. The van der Waals surface area contributed by atoms with Gasteiger partial charge < -0.3 is 5.32 Å². The zero-order chi connectivity index (χ0) is 24.3. The molecule has 0 bridgehead atoms. The summed E-state index contributed by atoms with van der Waals surface area (Å²) in [6, 6.07) is 18.3. The lowest BCUT2D eigenvalue weighted by Crippen LogP contribution is -2.16. The van der Waals surface area contributed by atoms with Crippen molar-refractivity contribution in [2.75, 3.05) is 5.32 Å². The average molecular weight is 476 g/mol. The highest BCUT2D eigenvalue weighted by molar-refractivity contribution is 7.90. The normalized spacial score (nSPS) is 11.9. The maximum atomic E-state index is 13.1. The van der Waals surface area contributed by atoms with Gasteiger partial charge in [-0.1, -0.05) is 51.1 Å². The fourth-order valence-electron chi connectivity index (χ4n) is 3.31. The molecule has 0 fully saturated rings. The maximum Gasteiger partial charge on any atom is 0.256 e. The molecule has 0 unspecified atom stereocenters. The number of carbonyl (C=O) groups is 1. The number of rotatable bonds is 6. The van der Waals surface area contributed by atoms with Crippen LogP contribution >= 0.6 is 0 Å². The Bertz CT molecular complexity index is 1410. The summed E-state index contributed by atoms with van der Waals surface area (Å²) < 4.78 is 27.0. The minimum atomic E-state index is -3.53. The van der Waals surface area contributed by atoms with Crippen molar-refractivity contribution in [1.29, 1.82) is 0 Å². The Hall–Kier alpha value is -3.85. The number of carbonyl (C=O) groups excluding carboxylic acids is 1. The van der Waals surface area contributed by atoms with Crippen LogP contribution in [-0.4, -0.2) is 34.1 Å². The molecular formula is C25H25N5O3S. The molecule has 4 rings (SSSR count). The van der Waals surface area contributed by atoms with Crippen LogP contribution in [0, 0.1) is 0 Å². The summed E-state index contributed by atoms with van der Waals surface area (Å²) in [6.07, 6.45) is 3.20. The van der Waals surface area contributed by atoms with Gasteiger partial charge in [-0.3, -0.25) is 4.79 Å². The average Bonchev–Trinajstić information content (AvgIpc) is 3.24. The van der Waals surface area contributed by atoms with Gasteiger partial charge in [0.1, 0.15) is 5.82 Å². The standard InChI is InChI=1S/C25H25N5O3S/c1-25(2,3)21-16-22(30(29-21)24-26-13-8-14-27-24)28-23(31)19-10-7-9-18(15-19)17-34(32,33)20-11-5-4-6-12-20/h4-16H,17H2,1-3H3,(H,28,31). The second-order valence-corrected chi connectivity index (χ2v) is 10.8. The molecule has 0 saturated carbocycles. The molecule has 8 nitrogen and oxygen atoms in total. The van der Waals surface area contributed by atoms with Crippen molar-refractivity contribution in [3.05, 3.63) is 95.9 Å². The molecule has 1 N–H and O–H groups in total. The van der Waals surface area contributed by atoms with Crippen molar-refractivity contribution >= 4 is 21.6 Å². The van der Waals surface area contributed by atoms with E-state index in [1.54, 1.807) is 79.1 Å². The van der Waals surface area contributed by atoms with E-state index >= 15 is 0 Å². The van der Waals surface area contributed by atoms with Crippen LogP contribution in [0.1, 0.15) is 42.4 Å². The summed E-state index contributed by atoms with van der Waals surface area (Å²) in [6.45, 7) is 6.06. The van der Waals surface area contributed by atoms with E-state index in [1.165, 1.54) is 4.68 Å². The Kier molecular flexibility index (Phi) is 6.30. The SMILES string of the molecule is CC(C)(C)c1cc(NC(=O)c2cccc(CS(=O)(=O)c3ccccc3)c2)n(-c2ncccn2)n1. The lowest BCUT2D eigenvalue weighted by atomic mass is 9.92. The Morgan fingerprint density at radius 3 is 2.32 bits per heavy atom. The van der Waals surface area contributed by atoms with Gasteiger partial charge in [0.15, 0.2) is 9.84 Å². The minimum absolute atomic E-state index is 0.206. The van der Waals surface area contributed by atoms with Gasteiger partial charge in [-0.15, -0.1) is 0 Å². The van der Waals surface area contributed by atoms with E-state index in [4.69, 9.17) is 0 Å². The predicted octanol–water partition coefficient (Wildman–Crippen LogP) is 4.19. The quantitative estimate of drug-likeness (QED) is 0.448. The zero-order valence-electron chi connectivity index (χ0n) is 19.1. The number of benzene rings is 2. The number of anilines is 1. The molecule has 0 radical (unpaired) electrons. The second kappa shape index (κ2) is 9.18. The van der Waals surface area contributed by atoms with Gasteiger partial charge in [-0.25, -0.2) is 18.4 Å². The van der Waals surface area contributed by atoms with Gasteiger partial charge in [0.25, 0.3) is 11.9 Å². The summed E-state index contributed by atoms with van der Waals surface area (Å²) in [4.78, 5) is 21.8. The molecule has 0 saturated heterocycles. The van der Waals surface area contributed by atoms with E-state index in [2.05, 4.69) is 20.4 Å². The highest BCUT2D eigenvalue weighted by Crippen LogP contribution is 2.26. The lowest BCUT2D eigenvalue weighted by molar-refractivity contribution is 0.102. The summed E-state index contributed by atoms with van der Waals surface area (Å²) in [5, 5.41) is 7.47. The first-order valence-corrected chi connectivity index (χ1v) is 12.3. The largest absolute Gasteiger partial charge is 0.306 e. The number of nitrogens with zero attached hydrogens (tertiary/aromatic N) is 4. The third-order valence-electron chi connectivity index (χ3n) is 5.11. The van der Waals surface area contributed by atoms with Crippen molar-refractivity contribution in [1.82, 2.24) is 19.7 Å². The van der Waals surface area contributed by atoms with E-state index in [-0.39, 0.29) is 16.1 Å². The van der Waals surface area contributed by atoms with Crippen molar-refractivity contribution in [3.8, 4) is 5.95 Å². The molecule has 0 aliphatic rings.